The largest absolute Gasteiger partial charge is 0.493 e. The van der Waals surface area contributed by atoms with Crippen LogP contribution in [-0.4, -0.2) is 36.8 Å². The fourth-order valence-corrected chi connectivity index (χ4v) is 1.95. The molecule has 1 amide bonds. The summed E-state index contributed by atoms with van der Waals surface area (Å²) in [5.74, 6) is 0.545. The van der Waals surface area contributed by atoms with E-state index in [0.29, 0.717) is 6.54 Å². The van der Waals surface area contributed by atoms with Crippen LogP contribution in [0.3, 0.4) is 0 Å². The number of carbonyl (C=O) groups excluding carboxylic acids is 1. The monoisotopic (exact) mass is 250 g/mol. The van der Waals surface area contributed by atoms with Crippen LogP contribution in [0, 0.1) is 0 Å². The van der Waals surface area contributed by atoms with Crippen molar-refractivity contribution in [3.63, 3.8) is 0 Å². The van der Waals surface area contributed by atoms with Crippen LogP contribution in [0.25, 0.3) is 0 Å². The summed E-state index contributed by atoms with van der Waals surface area (Å²) in [4.78, 5) is 11.3. The minimum Gasteiger partial charge on any atom is -0.493 e. The van der Waals surface area contributed by atoms with Crippen LogP contribution in [0.15, 0.2) is 18.2 Å². The third-order valence-electron chi connectivity index (χ3n) is 2.99. The standard InChI is InChI=1S/C13H18N2O3/c14-8-11(16)13(17)15-5-3-9-1-2-12-10(7-9)4-6-18-12/h1-2,7,11,16H,3-6,8,14H2,(H,15,17). The number of nitrogens with one attached hydrogen (secondary N) is 1. The summed E-state index contributed by atoms with van der Waals surface area (Å²) < 4.78 is 5.43. The molecule has 0 saturated carbocycles. The van der Waals surface area contributed by atoms with Gasteiger partial charge in [0, 0.05) is 19.5 Å². The number of hydrogen-bond donors (Lipinski definition) is 3. The van der Waals surface area contributed by atoms with Crippen LogP contribution in [0.2, 0.25) is 0 Å². The molecule has 0 saturated heterocycles. The van der Waals surface area contributed by atoms with Gasteiger partial charge in [-0.2, -0.15) is 0 Å². The molecule has 18 heavy (non-hydrogen) atoms. The van der Waals surface area contributed by atoms with Crippen molar-refractivity contribution in [2.75, 3.05) is 19.7 Å². The Labute approximate surface area is 106 Å². The number of fused-ring (bicyclic) bond motifs is 1. The van der Waals surface area contributed by atoms with Crippen LogP contribution in [0.5, 0.6) is 5.75 Å². The van der Waals surface area contributed by atoms with Crippen molar-refractivity contribution in [3.8, 4) is 5.75 Å². The smallest absolute Gasteiger partial charge is 0.250 e. The highest BCUT2D eigenvalue weighted by Crippen LogP contribution is 2.25. The fraction of sp³-hybridized carbons (Fsp3) is 0.462. The fourth-order valence-electron chi connectivity index (χ4n) is 1.95. The summed E-state index contributed by atoms with van der Waals surface area (Å²) >= 11 is 0. The average molecular weight is 250 g/mol. The maximum atomic E-state index is 11.3. The van der Waals surface area contributed by atoms with Crippen LogP contribution >= 0.6 is 0 Å². The molecule has 0 spiro atoms. The maximum Gasteiger partial charge on any atom is 0.250 e. The van der Waals surface area contributed by atoms with Gasteiger partial charge in [0.05, 0.1) is 6.61 Å². The van der Waals surface area contributed by atoms with Gasteiger partial charge in [0.1, 0.15) is 11.9 Å². The van der Waals surface area contributed by atoms with E-state index in [1.807, 2.05) is 12.1 Å². The summed E-state index contributed by atoms with van der Waals surface area (Å²) in [6.07, 6.45) is 0.566. The topological polar surface area (TPSA) is 84.6 Å². The molecule has 1 atom stereocenters. The Kier molecular flexibility index (Phi) is 4.17. The van der Waals surface area contributed by atoms with Crippen LogP contribution < -0.4 is 15.8 Å². The average Bonchev–Trinajstić information content (AvgIpc) is 2.85. The van der Waals surface area contributed by atoms with Gasteiger partial charge in [0.25, 0.3) is 0 Å². The summed E-state index contributed by atoms with van der Waals surface area (Å²) in [6, 6.07) is 6.07. The van der Waals surface area contributed by atoms with E-state index in [4.69, 9.17) is 10.5 Å². The molecule has 1 aromatic carbocycles. The van der Waals surface area contributed by atoms with Gasteiger partial charge in [-0.25, -0.2) is 0 Å². The quantitative estimate of drug-likeness (QED) is 0.664. The number of ether oxygens (including phenoxy) is 1. The van der Waals surface area contributed by atoms with Crippen molar-refractivity contribution in [1.29, 1.82) is 0 Å². The van der Waals surface area contributed by atoms with Gasteiger partial charge in [-0.1, -0.05) is 12.1 Å². The number of hydrogen-bond acceptors (Lipinski definition) is 4. The summed E-state index contributed by atoms with van der Waals surface area (Å²) in [5.41, 5.74) is 7.57. The third kappa shape index (κ3) is 3.00. The lowest BCUT2D eigenvalue weighted by Crippen LogP contribution is -2.39. The van der Waals surface area contributed by atoms with Gasteiger partial charge < -0.3 is 20.9 Å². The van der Waals surface area contributed by atoms with Gasteiger partial charge in [-0.15, -0.1) is 0 Å². The van der Waals surface area contributed by atoms with Gasteiger partial charge in [0.2, 0.25) is 5.91 Å². The minimum atomic E-state index is -1.11. The summed E-state index contributed by atoms with van der Waals surface area (Å²) in [7, 11) is 0. The lowest BCUT2D eigenvalue weighted by molar-refractivity contribution is -0.128. The second-order valence-electron chi connectivity index (χ2n) is 4.33. The van der Waals surface area contributed by atoms with Crippen molar-refractivity contribution in [1.82, 2.24) is 5.32 Å². The van der Waals surface area contributed by atoms with Crippen molar-refractivity contribution < 1.29 is 14.6 Å². The molecule has 1 heterocycles. The summed E-state index contributed by atoms with van der Waals surface area (Å²) in [5, 5.41) is 11.8. The molecular weight excluding hydrogens is 232 g/mol. The van der Waals surface area contributed by atoms with E-state index >= 15 is 0 Å². The van der Waals surface area contributed by atoms with Gasteiger partial charge in [-0.3, -0.25) is 4.79 Å². The molecular formula is C13H18N2O3. The van der Waals surface area contributed by atoms with E-state index in [0.717, 1.165) is 30.8 Å². The zero-order chi connectivity index (χ0) is 13.0. The number of carbonyl (C=O) groups is 1. The van der Waals surface area contributed by atoms with Crippen LogP contribution in [0.1, 0.15) is 11.1 Å². The highest BCUT2D eigenvalue weighted by molar-refractivity contribution is 5.80. The molecule has 1 unspecified atom stereocenters. The highest BCUT2D eigenvalue weighted by Gasteiger charge is 2.13. The van der Waals surface area contributed by atoms with E-state index in [2.05, 4.69) is 11.4 Å². The molecule has 1 aliphatic heterocycles. The predicted molar refractivity (Wildman–Crippen MR) is 67.4 cm³/mol. The highest BCUT2D eigenvalue weighted by atomic mass is 16.5. The SMILES string of the molecule is NCC(O)C(=O)NCCc1ccc2c(c1)CCO2. The summed E-state index contributed by atoms with van der Waals surface area (Å²) in [6.45, 7) is 1.19. The van der Waals surface area contributed by atoms with E-state index < -0.39 is 12.0 Å². The first kappa shape index (κ1) is 12.9. The number of rotatable bonds is 5. The lowest BCUT2D eigenvalue weighted by atomic mass is 10.1. The van der Waals surface area contributed by atoms with Crippen LogP contribution in [0.4, 0.5) is 0 Å². The maximum absolute atomic E-state index is 11.3. The first-order valence-electron chi connectivity index (χ1n) is 6.11. The van der Waals surface area contributed by atoms with Gasteiger partial charge in [0.15, 0.2) is 0 Å². The Morgan fingerprint density at radius 2 is 2.39 bits per heavy atom. The molecule has 2 rings (SSSR count). The first-order valence-corrected chi connectivity index (χ1v) is 6.11. The normalized spacial score (nSPS) is 14.8. The lowest BCUT2D eigenvalue weighted by Gasteiger charge is -2.09. The Morgan fingerprint density at radius 1 is 1.56 bits per heavy atom. The molecule has 0 fully saturated rings. The van der Waals surface area contributed by atoms with Gasteiger partial charge >= 0.3 is 0 Å². The van der Waals surface area contributed by atoms with Crippen molar-refractivity contribution in [2.24, 2.45) is 5.73 Å². The molecule has 0 bridgehead atoms. The van der Waals surface area contributed by atoms with Gasteiger partial charge in [-0.05, 0) is 23.6 Å². The van der Waals surface area contributed by atoms with Crippen LogP contribution in [-0.2, 0) is 17.6 Å². The third-order valence-corrected chi connectivity index (χ3v) is 2.99. The second-order valence-corrected chi connectivity index (χ2v) is 4.33. The minimum absolute atomic E-state index is 0.0536. The molecule has 0 aliphatic carbocycles. The zero-order valence-corrected chi connectivity index (χ0v) is 10.2. The number of amides is 1. The Bertz CT molecular complexity index is 434. The number of nitrogens with two attached hydrogens (primary N) is 1. The van der Waals surface area contributed by atoms with E-state index in [1.165, 1.54) is 5.56 Å². The molecule has 0 aromatic heterocycles. The zero-order valence-electron chi connectivity index (χ0n) is 10.2. The van der Waals surface area contributed by atoms with Crippen molar-refractivity contribution >= 4 is 5.91 Å². The van der Waals surface area contributed by atoms with E-state index in [9.17, 15) is 9.90 Å². The van der Waals surface area contributed by atoms with Crippen molar-refractivity contribution in [2.45, 2.75) is 18.9 Å². The molecule has 1 aromatic rings. The van der Waals surface area contributed by atoms with E-state index in [1.54, 1.807) is 0 Å². The Hall–Kier alpha value is -1.59. The predicted octanol–water partition coefficient (Wildman–Crippen LogP) is -0.400. The molecule has 1 aliphatic rings. The first-order chi connectivity index (χ1) is 8.70. The molecule has 5 heteroatoms. The molecule has 4 N–H and O–H groups in total. The number of benzene rings is 1. The number of aliphatic hydroxyl groups excluding tert-OH is 1. The molecule has 0 radical (unpaired) electrons. The number of aliphatic hydroxyl groups is 1. The van der Waals surface area contributed by atoms with E-state index in [-0.39, 0.29) is 6.54 Å². The molecule has 98 valence electrons. The second kappa shape index (κ2) is 5.84. The Morgan fingerprint density at radius 3 is 3.17 bits per heavy atom. The molecule has 5 nitrogen and oxygen atoms in total. The Balaban J connectivity index is 1.82. The van der Waals surface area contributed by atoms with Crippen molar-refractivity contribution in [3.05, 3.63) is 29.3 Å².